The maximum Gasteiger partial charge on any atom is 0.292 e. The van der Waals surface area contributed by atoms with Crippen LogP contribution in [-0.2, 0) is 34.4 Å². The Morgan fingerprint density at radius 1 is 0.950 bits per heavy atom. The molecule has 2 aromatic carbocycles. The largest absolute Gasteiger partial charge is 0.342 e. The first-order valence-corrected chi connectivity index (χ1v) is 15.5. The molecule has 4 aliphatic rings. The Labute approximate surface area is 241 Å². The average Bonchev–Trinajstić information content (AvgIpc) is 3.86. The van der Waals surface area contributed by atoms with Crippen molar-refractivity contribution < 1.29 is 27.6 Å². The van der Waals surface area contributed by atoms with Crippen LogP contribution in [0.5, 0.6) is 0 Å². The lowest BCUT2D eigenvalue weighted by Crippen LogP contribution is -2.52. The van der Waals surface area contributed by atoms with Crippen molar-refractivity contribution in [2.45, 2.75) is 65.8 Å². The van der Waals surface area contributed by atoms with Gasteiger partial charge in [-0.05, 0) is 61.9 Å². The predicted molar refractivity (Wildman–Crippen MR) is 147 cm³/mol. The topological polar surface area (TPSA) is 121 Å². The summed E-state index contributed by atoms with van der Waals surface area (Å²) in [5.74, 6) is -2.32. The van der Waals surface area contributed by atoms with Gasteiger partial charge < -0.3 is 15.1 Å². The molecule has 0 bridgehead atoms. The van der Waals surface area contributed by atoms with E-state index in [9.17, 15) is 27.6 Å². The van der Waals surface area contributed by atoms with E-state index in [1.807, 2.05) is 0 Å². The number of likely N-dealkylation sites (tertiary alicyclic amines) is 2. The van der Waals surface area contributed by atoms with Crippen LogP contribution >= 0.6 is 23.2 Å². The maximum absolute atomic E-state index is 14.1. The fraction of sp³-hybridized carbons (Fsp3) is 0.429. The first kappa shape index (κ1) is 27.2. The van der Waals surface area contributed by atoms with Crippen LogP contribution in [0.1, 0.15) is 37.7 Å². The Kier molecular flexibility index (Phi) is 6.71. The molecule has 2 heterocycles. The van der Waals surface area contributed by atoms with Gasteiger partial charge in [-0.3, -0.25) is 19.2 Å². The number of Topliss-reactive ketones (excluding diaryl/α,β-unsaturated/α-hetero) is 1. The summed E-state index contributed by atoms with van der Waals surface area (Å²) in [5, 5.41) is 2.15. The van der Waals surface area contributed by atoms with Gasteiger partial charge in [0.1, 0.15) is 12.1 Å². The highest BCUT2D eigenvalue weighted by Crippen LogP contribution is 2.51. The number of benzene rings is 2. The minimum Gasteiger partial charge on any atom is -0.342 e. The molecule has 210 valence electrons. The number of carbonyl (C=O) groups is 4. The molecule has 6 rings (SSSR count). The summed E-state index contributed by atoms with van der Waals surface area (Å²) in [6.07, 6.45) is 2.57. The van der Waals surface area contributed by atoms with Crippen LogP contribution in [0.25, 0.3) is 0 Å². The van der Waals surface area contributed by atoms with Gasteiger partial charge in [-0.25, -0.2) is 8.42 Å². The van der Waals surface area contributed by atoms with Crippen molar-refractivity contribution in [2.24, 2.45) is 0 Å². The van der Waals surface area contributed by atoms with Crippen molar-refractivity contribution in [3.63, 3.8) is 0 Å². The van der Waals surface area contributed by atoms with Crippen LogP contribution < -0.4 is 5.32 Å². The predicted octanol–water partition coefficient (Wildman–Crippen LogP) is 2.53. The highest BCUT2D eigenvalue weighted by molar-refractivity contribution is 7.92. The molecule has 0 unspecified atom stereocenters. The smallest absolute Gasteiger partial charge is 0.292 e. The van der Waals surface area contributed by atoms with E-state index in [0.29, 0.717) is 17.9 Å². The number of carbonyl (C=O) groups excluding carboxylic acids is 4. The first-order chi connectivity index (χ1) is 19.0. The molecule has 2 aromatic rings. The molecular weight excluding hydrogens is 577 g/mol. The van der Waals surface area contributed by atoms with E-state index in [4.69, 9.17) is 23.2 Å². The van der Waals surface area contributed by atoms with Gasteiger partial charge >= 0.3 is 0 Å². The van der Waals surface area contributed by atoms with E-state index in [-0.39, 0.29) is 41.4 Å². The number of sulfone groups is 1. The Balaban J connectivity index is 1.30. The fourth-order valence-electron chi connectivity index (χ4n) is 5.88. The van der Waals surface area contributed by atoms with Crippen molar-refractivity contribution in [1.82, 2.24) is 15.1 Å². The Morgan fingerprint density at radius 2 is 1.62 bits per heavy atom. The Hall–Kier alpha value is -2.95. The number of nitrogens with one attached hydrogen (secondary N) is 1. The monoisotopic (exact) mass is 603 g/mol. The van der Waals surface area contributed by atoms with Crippen LogP contribution in [0, 0.1) is 0 Å². The lowest BCUT2D eigenvalue weighted by molar-refractivity contribution is -0.142. The summed E-state index contributed by atoms with van der Waals surface area (Å²) in [5.41, 5.74) is -0.135. The second kappa shape index (κ2) is 9.85. The van der Waals surface area contributed by atoms with Crippen molar-refractivity contribution >= 4 is 56.5 Å². The lowest BCUT2D eigenvalue weighted by Gasteiger charge is -2.29. The van der Waals surface area contributed by atoms with E-state index in [1.165, 1.54) is 21.9 Å². The van der Waals surface area contributed by atoms with Crippen LogP contribution in [0.3, 0.4) is 0 Å². The maximum atomic E-state index is 14.1. The van der Waals surface area contributed by atoms with Crippen LogP contribution in [0.2, 0.25) is 10.0 Å². The van der Waals surface area contributed by atoms with Gasteiger partial charge in [-0.2, -0.15) is 0 Å². The van der Waals surface area contributed by atoms with Crippen LogP contribution in [0.4, 0.5) is 0 Å². The highest BCUT2D eigenvalue weighted by atomic mass is 35.5. The summed E-state index contributed by atoms with van der Waals surface area (Å²) in [6, 6.07) is 10.8. The minimum absolute atomic E-state index is 0.0159. The van der Waals surface area contributed by atoms with Gasteiger partial charge in [-0.15, -0.1) is 0 Å². The molecule has 3 amide bonds. The highest BCUT2D eigenvalue weighted by Gasteiger charge is 2.57. The molecular formula is C28H27Cl2N3O6S. The molecule has 0 spiro atoms. The third kappa shape index (κ3) is 4.59. The van der Waals surface area contributed by atoms with Gasteiger partial charge in [-0.1, -0.05) is 47.5 Å². The lowest BCUT2D eigenvalue weighted by atomic mass is 9.94. The minimum atomic E-state index is -4.01. The molecule has 3 atom stereocenters. The van der Waals surface area contributed by atoms with Crippen molar-refractivity contribution in [3.8, 4) is 0 Å². The molecule has 9 nitrogen and oxygen atoms in total. The molecule has 0 radical (unpaired) electrons. The number of nitrogens with zero attached hydrogens (tertiary/aromatic N) is 2. The molecule has 1 N–H and O–H groups in total. The quantitative estimate of drug-likeness (QED) is 0.485. The van der Waals surface area contributed by atoms with Crippen molar-refractivity contribution in [3.05, 3.63) is 64.1 Å². The summed E-state index contributed by atoms with van der Waals surface area (Å²) >= 11 is 12.3. The average molecular weight is 605 g/mol. The molecule has 4 fully saturated rings. The second-order valence-corrected chi connectivity index (χ2v) is 14.0. The normalized spacial score (nSPS) is 25.8. The number of hydrogen-bond donors (Lipinski definition) is 1. The molecule has 12 heteroatoms. The molecule has 2 aliphatic carbocycles. The summed E-state index contributed by atoms with van der Waals surface area (Å²) in [6.45, 7) is -0.129. The molecule has 40 heavy (non-hydrogen) atoms. The van der Waals surface area contributed by atoms with E-state index >= 15 is 0 Å². The summed E-state index contributed by atoms with van der Waals surface area (Å²) in [4.78, 5) is 55.5. The number of halogens is 2. The van der Waals surface area contributed by atoms with E-state index in [2.05, 4.69) is 5.32 Å². The number of ketones is 1. The SMILES string of the molecule is O=C1C(=O)N(C2CC2)C[C@@H]1NC(=O)[C@@H]1C[C@@H](S(=O)(=O)c2ccccc2Cl)CN1C(=O)C1(c2ccc(Cl)cc2)CC1. The zero-order chi connectivity index (χ0) is 28.4. The summed E-state index contributed by atoms with van der Waals surface area (Å²) in [7, 11) is -4.01. The summed E-state index contributed by atoms with van der Waals surface area (Å²) < 4.78 is 27.3. The van der Waals surface area contributed by atoms with E-state index in [1.54, 1.807) is 36.4 Å². The number of hydrogen-bond acceptors (Lipinski definition) is 6. The van der Waals surface area contributed by atoms with E-state index < -0.39 is 50.2 Å². The van der Waals surface area contributed by atoms with Gasteiger partial charge in [0.15, 0.2) is 9.84 Å². The standard InChI is InChI=1S/C28H27Cl2N3O6S/c29-17-7-5-16(6-8-17)28(11-12-28)27(37)33-14-19(40(38,39)23-4-2-1-3-20(23)30)13-22(33)25(35)31-21-15-32(18-9-10-18)26(36)24(21)34/h1-8,18-19,21-22H,9-15H2,(H,31,35)/t19-,21+,22+/m1/s1. The Bertz CT molecular complexity index is 1520. The van der Waals surface area contributed by atoms with Crippen LogP contribution in [0.15, 0.2) is 53.4 Å². The van der Waals surface area contributed by atoms with Crippen molar-refractivity contribution in [1.29, 1.82) is 0 Å². The molecule has 2 saturated heterocycles. The van der Waals surface area contributed by atoms with Crippen molar-refractivity contribution in [2.75, 3.05) is 13.1 Å². The fourth-order valence-corrected chi connectivity index (χ4v) is 8.22. The number of amides is 3. The van der Waals surface area contributed by atoms with Crippen LogP contribution in [-0.4, -0.2) is 78.2 Å². The van der Waals surface area contributed by atoms with Gasteiger partial charge in [0.2, 0.25) is 17.6 Å². The van der Waals surface area contributed by atoms with E-state index in [0.717, 1.165) is 18.4 Å². The second-order valence-electron chi connectivity index (χ2n) is 11.0. The first-order valence-electron chi connectivity index (χ1n) is 13.2. The number of rotatable bonds is 7. The molecule has 0 aromatic heterocycles. The van der Waals surface area contributed by atoms with Gasteiger partial charge in [0.05, 0.1) is 20.6 Å². The zero-order valence-electron chi connectivity index (χ0n) is 21.4. The Morgan fingerprint density at radius 3 is 2.25 bits per heavy atom. The zero-order valence-corrected chi connectivity index (χ0v) is 23.7. The molecule has 2 saturated carbocycles. The molecule has 2 aliphatic heterocycles. The van der Waals surface area contributed by atoms with Gasteiger partial charge in [0, 0.05) is 24.2 Å². The van der Waals surface area contributed by atoms with Gasteiger partial charge in [0.25, 0.3) is 5.91 Å². The third-order valence-corrected chi connectivity index (χ3v) is 11.3. The third-order valence-electron chi connectivity index (χ3n) is 8.44.